The van der Waals surface area contributed by atoms with E-state index in [1.165, 1.54) is 6.08 Å². The highest BCUT2D eigenvalue weighted by atomic mass is 35.5. The molecule has 0 atom stereocenters. The number of nitrogens with zero attached hydrogens (tertiary/aromatic N) is 2. The minimum Gasteiger partial charge on any atom is -0.467 e. The van der Waals surface area contributed by atoms with Crippen LogP contribution in [0.3, 0.4) is 0 Å². The first-order chi connectivity index (χ1) is 10.2. The highest BCUT2D eigenvalue weighted by Crippen LogP contribution is 2.18. The number of fused-ring (bicyclic) bond motifs is 1. The molecular weight excluding hydrogens is 290 g/mol. The number of carbonyl (C=O) groups excluding carboxylic acids is 1. The lowest BCUT2D eigenvalue weighted by Crippen LogP contribution is -2.19. The van der Waals surface area contributed by atoms with Crippen LogP contribution < -0.4 is 5.32 Å². The highest BCUT2D eigenvalue weighted by molar-refractivity contribution is 6.31. The molecule has 21 heavy (non-hydrogen) atoms. The van der Waals surface area contributed by atoms with Gasteiger partial charge in [0.1, 0.15) is 11.4 Å². The Hall–Kier alpha value is -2.53. The smallest absolute Gasteiger partial charge is 0.244 e. The van der Waals surface area contributed by atoms with Gasteiger partial charge >= 0.3 is 0 Å². The second-order valence-corrected chi connectivity index (χ2v) is 4.71. The summed E-state index contributed by atoms with van der Waals surface area (Å²) in [7, 11) is 0. The van der Waals surface area contributed by atoms with Crippen LogP contribution in [0.4, 0.5) is 0 Å². The summed E-state index contributed by atoms with van der Waals surface area (Å²) in [6.07, 6.45) is 6.47. The zero-order chi connectivity index (χ0) is 14.7. The van der Waals surface area contributed by atoms with Gasteiger partial charge in [0.15, 0.2) is 5.15 Å². The van der Waals surface area contributed by atoms with Crippen LogP contribution in [-0.4, -0.2) is 15.3 Å². The Morgan fingerprint density at radius 2 is 2.29 bits per heavy atom. The van der Waals surface area contributed by atoms with E-state index in [0.29, 0.717) is 23.2 Å². The van der Waals surface area contributed by atoms with Crippen molar-refractivity contribution in [1.29, 1.82) is 0 Å². The van der Waals surface area contributed by atoms with Crippen LogP contribution in [-0.2, 0) is 11.3 Å². The maximum absolute atomic E-state index is 11.8. The molecule has 3 aromatic rings. The van der Waals surface area contributed by atoms with Crippen LogP contribution in [0.15, 0.2) is 53.3 Å². The van der Waals surface area contributed by atoms with Gasteiger partial charge in [-0.05, 0) is 30.3 Å². The van der Waals surface area contributed by atoms with Gasteiger partial charge in [-0.15, -0.1) is 0 Å². The topological polar surface area (TPSA) is 59.5 Å². The first-order valence-electron chi connectivity index (χ1n) is 6.35. The summed E-state index contributed by atoms with van der Waals surface area (Å²) in [4.78, 5) is 16.0. The Labute approximate surface area is 125 Å². The summed E-state index contributed by atoms with van der Waals surface area (Å²) in [6, 6.07) is 9.17. The number of carbonyl (C=O) groups is 1. The molecule has 0 fully saturated rings. The van der Waals surface area contributed by atoms with Crippen molar-refractivity contribution in [3.05, 3.63) is 65.5 Å². The average Bonchev–Trinajstić information content (AvgIpc) is 3.10. The Kier molecular flexibility index (Phi) is 3.75. The number of nitrogens with one attached hydrogen (secondary N) is 1. The first kappa shape index (κ1) is 13.5. The third kappa shape index (κ3) is 2.98. The minimum atomic E-state index is -0.228. The Balaban J connectivity index is 1.72. The molecule has 6 heteroatoms. The summed E-state index contributed by atoms with van der Waals surface area (Å²) >= 11 is 6.08. The predicted octanol–water partition coefficient (Wildman–Crippen LogP) is 2.91. The van der Waals surface area contributed by atoms with Crippen molar-refractivity contribution in [2.75, 3.05) is 0 Å². The monoisotopic (exact) mass is 301 g/mol. The van der Waals surface area contributed by atoms with Crippen LogP contribution in [0, 0.1) is 0 Å². The third-order valence-corrected chi connectivity index (χ3v) is 3.21. The van der Waals surface area contributed by atoms with Crippen LogP contribution in [0.25, 0.3) is 11.7 Å². The van der Waals surface area contributed by atoms with Gasteiger partial charge in [-0.3, -0.25) is 9.20 Å². The maximum Gasteiger partial charge on any atom is 0.244 e. The number of aromatic nitrogens is 2. The molecule has 0 bridgehead atoms. The molecule has 5 nitrogen and oxygen atoms in total. The Morgan fingerprint density at radius 1 is 1.38 bits per heavy atom. The lowest BCUT2D eigenvalue weighted by atomic mass is 10.3. The average molecular weight is 302 g/mol. The first-order valence-corrected chi connectivity index (χ1v) is 6.73. The molecule has 0 saturated carbocycles. The van der Waals surface area contributed by atoms with Crippen LogP contribution in [0.5, 0.6) is 0 Å². The van der Waals surface area contributed by atoms with Crippen molar-refractivity contribution in [2.24, 2.45) is 0 Å². The van der Waals surface area contributed by atoms with Gasteiger partial charge < -0.3 is 9.73 Å². The number of hydrogen-bond donors (Lipinski definition) is 1. The summed E-state index contributed by atoms with van der Waals surface area (Å²) in [5, 5.41) is 3.08. The number of rotatable bonds is 4. The van der Waals surface area contributed by atoms with Crippen molar-refractivity contribution in [1.82, 2.24) is 14.7 Å². The van der Waals surface area contributed by atoms with Gasteiger partial charge in [0.2, 0.25) is 5.91 Å². The van der Waals surface area contributed by atoms with Crippen molar-refractivity contribution in [3.8, 4) is 0 Å². The molecule has 0 aliphatic heterocycles. The maximum atomic E-state index is 11.8. The molecule has 1 amide bonds. The molecule has 0 spiro atoms. The lowest BCUT2D eigenvalue weighted by Gasteiger charge is -1.99. The number of imidazole rings is 1. The summed E-state index contributed by atoms with van der Waals surface area (Å²) in [5.41, 5.74) is 1.40. The minimum absolute atomic E-state index is 0.228. The van der Waals surface area contributed by atoms with Gasteiger partial charge in [-0.2, -0.15) is 0 Å². The molecule has 3 aromatic heterocycles. The number of amides is 1. The van der Waals surface area contributed by atoms with Crippen LogP contribution >= 0.6 is 11.6 Å². The zero-order valence-electron chi connectivity index (χ0n) is 11.0. The van der Waals surface area contributed by atoms with Crippen molar-refractivity contribution < 1.29 is 9.21 Å². The van der Waals surface area contributed by atoms with E-state index in [9.17, 15) is 4.79 Å². The number of pyridine rings is 1. The molecule has 0 unspecified atom stereocenters. The molecule has 1 N–H and O–H groups in total. The van der Waals surface area contributed by atoms with E-state index in [0.717, 1.165) is 5.65 Å². The second kappa shape index (κ2) is 5.85. The van der Waals surface area contributed by atoms with E-state index in [1.54, 1.807) is 24.5 Å². The van der Waals surface area contributed by atoms with E-state index in [-0.39, 0.29) is 5.91 Å². The molecule has 0 aromatic carbocycles. The molecule has 3 heterocycles. The van der Waals surface area contributed by atoms with Gasteiger partial charge in [0, 0.05) is 12.3 Å². The summed E-state index contributed by atoms with van der Waals surface area (Å²) in [6.45, 7) is 0.344. The van der Waals surface area contributed by atoms with Crippen LogP contribution in [0.1, 0.15) is 11.5 Å². The quantitative estimate of drug-likeness (QED) is 0.754. The summed E-state index contributed by atoms with van der Waals surface area (Å²) in [5.74, 6) is 0.470. The Morgan fingerprint density at radius 3 is 3.10 bits per heavy atom. The third-order valence-electron chi connectivity index (χ3n) is 2.93. The number of halogens is 1. The standard InChI is InChI=1S/C15H12ClN3O2/c16-15-12(19-8-2-1-5-13(19)18-15)6-7-14(20)17-10-11-4-3-9-21-11/h1-9H,10H2,(H,17,20)/b7-6+. The fraction of sp³-hybridized carbons (Fsp3) is 0.0667. The fourth-order valence-corrected chi connectivity index (χ4v) is 2.18. The molecule has 0 radical (unpaired) electrons. The van der Waals surface area contributed by atoms with Gasteiger partial charge in [0.05, 0.1) is 18.5 Å². The van der Waals surface area contributed by atoms with Crippen molar-refractivity contribution in [2.45, 2.75) is 6.54 Å². The van der Waals surface area contributed by atoms with E-state index >= 15 is 0 Å². The normalized spacial score (nSPS) is 11.3. The largest absolute Gasteiger partial charge is 0.467 e. The fourth-order valence-electron chi connectivity index (χ4n) is 1.94. The summed E-state index contributed by atoms with van der Waals surface area (Å²) < 4.78 is 6.96. The molecule has 0 saturated heterocycles. The van der Waals surface area contributed by atoms with Crippen LogP contribution in [0.2, 0.25) is 5.15 Å². The van der Waals surface area contributed by atoms with E-state index < -0.39 is 0 Å². The van der Waals surface area contributed by atoms with Gasteiger partial charge in [-0.1, -0.05) is 17.7 Å². The molecule has 3 rings (SSSR count). The zero-order valence-corrected chi connectivity index (χ0v) is 11.7. The predicted molar refractivity (Wildman–Crippen MR) is 79.8 cm³/mol. The molecule has 0 aliphatic carbocycles. The lowest BCUT2D eigenvalue weighted by molar-refractivity contribution is -0.116. The number of furan rings is 1. The van der Waals surface area contributed by atoms with E-state index in [1.807, 2.05) is 28.8 Å². The second-order valence-electron chi connectivity index (χ2n) is 4.35. The molecule has 0 aliphatic rings. The van der Waals surface area contributed by atoms with Gasteiger partial charge in [0.25, 0.3) is 0 Å². The van der Waals surface area contributed by atoms with E-state index in [4.69, 9.17) is 16.0 Å². The Bertz CT molecular complexity index is 790. The van der Waals surface area contributed by atoms with Crippen molar-refractivity contribution >= 4 is 29.2 Å². The molecule has 106 valence electrons. The molecular formula is C15H12ClN3O2. The SMILES string of the molecule is O=C(/C=C/c1c(Cl)nc2ccccn12)NCc1ccco1. The highest BCUT2D eigenvalue weighted by Gasteiger charge is 2.07. The number of hydrogen-bond acceptors (Lipinski definition) is 3. The van der Waals surface area contributed by atoms with E-state index in [2.05, 4.69) is 10.3 Å². The van der Waals surface area contributed by atoms with Gasteiger partial charge in [-0.25, -0.2) is 4.98 Å². The van der Waals surface area contributed by atoms with Crippen molar-refractivity contribution in [3.63, 3.8) is 0 Å².